The molecule has 4 nitrogen and oxygen atoms in total. The molecule has 17 heavy (non-hydrogen) atoms. The fraction of sp³-hybridized carbons (Fsp3) is 0.462. The SMILES string of the molecule is COc1ccc(C(=N)CCNC(C)C)c(O)c1. The van der Waals surface area contributed by atoms with E-state index in [1.165, 1.54) is 6.07 Å². The number of phenols is 1. The van der Waals surface area contributed by atoms with Crippen LogP contribution in [0.5, 0.6) is 11.5 Å². The summed E-state index contributed by atoms with van der Waals surface area (Å²) in [7, 11) is 1.55. The molecule has 0 amide bonds. The zero-order valence-corrected chi connectivity index (χ0v) is 10.6. The van der Waals surface area contributed by atoms with Crippen molar-refractivity contribution in [2.45, 2.75) is 26.3 Å². The Bertz CT molecular complexity index is 389. The van der Waals surface area contributed by atoms with Gasteiger partial charge in [-0.15, -0.1) is 0 Å². The second-order valence-corrected chi connectivity index (χ2v) is 4.22. The van der Waals surface area contributed by atoms with E-state index in [-0.39, 0.29) is 5.75 Å². The van der Waals surface area contributed by atoms with Crippen LogP contribution in [0.25, 0.3) is 0 Å². The molecule has 4 heteroatoms. The van der Waals surface area contributed by atoms with Crippen LogP contribution in [0, 0.1) is 5.41 Å². The van der Waals surface area contributed by atoms with E-state index < -0.39 is 0 Å². The molecule has 0 aromatic heterocycles. The maximum Gasteiger partial charge on any atom is 0.128 e. The van der Waals surface area contributed by atoms with Gasteiger partial charge in [0.15, 0.2) is 0 Å². The predicted molar refractivity (Wildman–Crippen MR) is 69.2 cm³/mol. The van der Waals surface area contributed by atoms with Gasteiger partial charge in [0.25, 0.3) is 0 Å². The minimum Gasteiger partial charge on any atom is -0.507 e. The summed E-state index contributed by atoms with van der Waals surface area (Å²) in [6.07, 6.45) is 0.595. The minimum absolute atomic E-state index is 0.0962. The second kappa shape index (κ2) is 6.25. The van der Waals surface area contributed by atoms with Gasteiger partial charge < -0.3 is 20.6 Å². The van der Waals surface area contributed by atoms with Crippen molar-refractivity contribution in [3.8, 4) is 11.5 Å². The smallest absolute Gasteiger partial charge is 0.128 e. The molecule has 3 N–H and O–H groups in total. The third kappa shape index (κ3) is 4.07. The maximum atomic E-state index is 9.76. The van der Waals surface area contributed by atoms with Crippen LogP contribution in [0.2, 0.25) is 0 Å². The van der Waals surface area contributed by atoms with E-state index in [1.807, 2.05) is 0 Å². The van der Waals surface area contributed by atoms with E-state index >= 15 is 0 Å². The Balaban J connectivity index is 2.63. The quantitative estimate of drug-likeness (QED) is 0.663. The predicted octanol–water partition coefficient (Wildman–Crippen LogP) is 2.16. The molecule has 1 aromatic carbocycles. The Hall–Kier alpha value is -1.55. The van der Waals surface area contributed by atoms with Crippen molar-refractivity contribution in [1.29, 1.82) is 5.41 Å². The molecule has 0 heterocycles. The van der Waals surface area contributed by atoms with Gasteiger partial charge in [0.1, 0.15) is 11.5 Å². The largest absolute Gasteiger partial charge is 0.507 e. The molecule has 94 valence electrons. The number of methoxy groups -OCH3 is 1. The lowest BCUT2D eigenvalue weighted by atomic mass is 10.1. The Morgan fingerprint density at radius 1 is 1.47 bits per heavy atom. The van der Waals surface area contributed by atoms with E-state index in [9.17, 15) is 5.11 Å². The fourth-order valence-electron chi connectivity index (χ4n) is 1.51. The summed E-state index contributed by atoms with van der Waals surface area (Å²) >= 11 is 0. The van der Waals surface area contributed by atoms with E-state index in [4.69, 9.17) is 10.1 Å². The van der Waals surface area contributed by atoms with E-state index in [2.05, 4.69) is 19.2 Å². The van der Waals surface area contributed by atoms with Gasteiger partial charge in [-0.3, -0.25) is 0 Å². The molecule has 0 spiro atoms. The van der Waals surface area contributed by atoms with Gasteiger partial charge >= 0.3 is 0 Å². The summed E-state index contributed by atoms with van der Waals surface area (Å²) in [4.78, 5) is 0. The Kier molecular flexibility index (Phi) is 4.97. The standard InChI is InChI=1S/C13H20N2O2/c1-9(2)15-7-6-12(14)11-5-4-10(17-3)8-13(11)16/h4-5,8-9,14-16H,6-7H2,1-3H3. The lowest BCUT2D eigenvalue weighted by Gasteiger charge is -2.10. The summed E-state index contributed by atoms with van der Waals surface area (Å²) in [5.74, 6) is 0.693. The first-order chi connectivity index (χ1) is 8.04. The van der Waals surface area contributed by atoms with Crippen LogP contribution in [0.4, 0.5) is 0 Å². The number of nitrogens with one attached hydrogen (secondary N) is 2. The highest BCUT2D eigenvalue weighted by atomic mass is 16.5. The lowest BCUT2D eigenvalue weighted by Crippen LogP contribution is -2.25. The van der Waals surface area contributed by atoms with E-state index in [1.54, 1.807) is 19.2 Å². The van der Waals surface area contributed by atoms with Crippen LogP contribution >= 0.6 is 0 Å². The maximum absolute atomic E-state index is 9.76. The molecule has 0 aliphatic rings. The van der Waals surface area contributed by atoms with Crippen LogP contribution in [-0.2, 0) is 0 Å². The average molecular weight is 236 g/mol. The van der Waals surface area contributed by atoms with Crippen LogP contribution in [0.15, 0.2) is 18.2 Å². The monoisotopic (exact) mass is 236 g/mol. The molecule has 0 atom stereocenters. The van der Waals surface area contributed by atoms with Crippen LogP contribution in [-0.4, -0.2) is 30.5 Å². The Morgan fingerprint density at radius 3 is 2.71 bits per heavy atom. The topological polar surface area (TPSA) is 65.3 Å². The van der Waals surface area contributed by atoms with Gasteiger partial charge in [0.2, 0.25) is 0 Å². The molecule has 0 fully saturated rings. The molecule has 0 saturated heterocycles. The minimum atomic E-state index is 0.0962. The normalized spacial score (nSPS) is 10.6. The molecule has 0 saturated carbocycles. The first kappa shape index (κ1) is 13.5. The molecule has 1 rings (SSSR count). The number of hydrogen-bond donors (Lipinski definition) is 3. The lowest BCUT2D eigenvalue weighted by molar-refractivity contribution is 0.407. The fourth-order valence-corrected chi connectivity index (χ4v) is 1.51. The summed E-state index contributed by atoms with van der Waals surface area (Å²) in [6.45, 7) is 4.87. The van der Waals surface area contributed by atoms with Crippen molar-refractivity contribution in [1.82, 2.24) is 5.32 Å². The van der Waals surface area contributed by atoms with Crippen molar-refractivity contribution in [2.24, 2.45) is 0 Å². The molecule has 0 radical (unpaired) electrons. The van der Waals surface area contributed by atoms with Crippen LogP contribution in [0.3, 0.4) is 0 Å². The van der Waals surface area contributed by atoms with Crippen molar-refractivity contribution in [3.63, 3.8) is 0 Å². The summed E-state index contributed by atoms with van der Waals surface area (Å²) in [5.41, 5.74) is 0.995. The van der Waals surface area contributed by atoms with Gasteiger partial charge in [0.05, 0.1) is 7.11 Å². The Morgan fingerprint density at radius 2 is 2.18 bits per heavy atom. The third-order valence-electron chi connectivity index (χ3n) is 2.46. The number of phenolic OH excluding ortho intramolecular Hbond substituents is 1. The highest BCUT2D eigenvalue weighted by Crippen LogP contribution is 2.24. The molecule has 0 unspecified atom stereocenters. The summed E-state index contributed by atoms with van der Waals surface area (Å²) in [6, 6.07) is 5.40. The van der Waals surface area contributed by atoms with Crippen molar-refractivity contribution >= 4 is 5.71 Å². The molecule has 1 aromatic rings. The number of rotatable bonds is 6. The summed E-state index contributed by atoms with van der Waals surface area (Å²) in [5, 5.41) is 20.9. The van der Waals surface area contributed by atoms with Crippen molar-refractivity contribution in [3.05, 3.63) is 23.8 Å². The number of aromatic hydroxyl groups is 1. The van der Waals surface area contributed by atoms with Gasteiger partial charge in [0, 0.05) is 36.3 Å². The van der Waals surface area contributed by atoms with Crippen molar-refractivity contribution < 1.29 is 9.84 Å². The Labute approximate surface area is 102 Å². The van der Waals surface area contributed by atoms with Gasteiger partial charge in [-0.05, 0) is 12.1 Å². The van der Waals surface area contributed by atoms with E-state index in [0.29, 0.717) is 29.5 Å². The molecule has 0 aliphatic heterocycles. The first-order valence-corrected chi connectivity index (χ1v) is 5.72. The highest BCUT2D eigenvalue weighted by molar-refractivity contribution is 6.00. The molecular formula is C13H20N2O2. The third-order valence-corrected chi connectivity index (χ3v) is 2.46. The molecular weight excluding hydrogens is 216 g/mol. The number of ether oxygens (including phenoxy) is 1. The van der Waals surface area contributed by atoms with E-state index in [0.717, 1.165) is 6.54 Å². The zero-order valence-electron chi connectivity index (χ0n) is 10.6. The second-order valence-electron chi connectivity index (χ2n) is 4.22. The number of benzene rings is 1. The zero-order chi connectivity index (χ0) is 12.8. The first-order valence-electron chi connectivity index (χ1n) is 5.72. The highest BCUT2D eigenvalue weighted by Gasteiger charge is 2.08. The molecule has 0 bridgehead atoms. The molecule has 0 aliphatic carbocycles. The summed E-state index contributed by atoms with van der Waals surface area (Å²) < 4.78 is 5.00. The van der Waals surface area contributed by atoms with Crippen LogP contribution in [0.1, 0.15) is 25.8 Å². The number of hydrogen-bond acceptors (Lipinski definition) is 4. The van der Waals surface area contributed by atoms with Gasteiger partial charge in [-0.1, -0.05) is 13.8 Å². The van der Waals surface area contributed by atoms with Crippen molar-refractivity contribution in [2.75, 3.05) is 13.7 Å². The van der Waals surface area contributed by atoms with Crippen LogP contribution < -0.4 is 10.1 Å². The van der Waals surface area contributed by atoms with Gasteiger partial charge in [-0.2, -0.15) is 0 Å². The average Bonchev–Trinajstić information content (AvgIpc) is 2.28. The van der Waals surface area contributed by atoms with Gasteiger partial charge in [-0.25, -0.2) is 0 Å².